The summed E-state index contributed by atoms with van der Waals surface area (Å²) in [5.74, 6) is -1.01. The van der Waals surface area contributed by atoms with Crippen LogP contribution in [0, 0.1) is 0 Å². The Labute approximate surface area is 185 Å². The molecule has 3 rings (SSSR count). The van der Waals surface area contributed by atoms with Crippen LogP contribution in [0.25, 0.3) is 0 Å². The van der Waals surface area contributed by atoms with Gasteiger partial charge in [0.05, 0.1) is 11.6 Å². The van der Waals surface area contributed by atoms with Crippen molar-refractivity contribution in [3.8, 4) is 0 Å². The van der Waals surface area contributed by atoms with E-state index < -0.39 is 21.8 Å². The molecule has 0 atom stereocenters. The number of rotatable bonds is 6. The van der Waals surface area contributed by atoms with Crippen molar-refractivity contribution in [2.24, 2.45) is 0 Å². The Hall–Kier alpha value is -2.13. The molecule has 0 radical (unpaired) electrons. The van der Waals surface area contributed by atoms with E-state index in [9.17, 15) is 18.0 Å². The second-order valence-corrected chi connectivity index (χ2v) is 9.60. The van der Waals surface area contributed by atoms with Gasteiger partial charge >= 0.3 is 0 Å². The van der Waals surface area contributed by atoms with Crippen LogP contribution in [0.1, 0.15) is 29.6 Å². The molecule has 2 N–H and O–H groups in total. The Morgan fingerprint density at radius 1 is 0.967 bits per heavy atom. The van der Waals surface area contributed by atoms with Crippen LogP contribution in [-0.4, -0.2) is 44.2 Å². The molecule has 0 aromatic heterocycles. The lowest BCUT2D eigenvalue weighted by Gasteiger charge is -2.26. The molecule has 2 amide bonds. The van der Waals surface area contributed by atoms with Gasteiger partial charge in [-0.05, 0) is 55.3 Å². The van der Waals surface area contributed by atoms with Crippen LogP contribution in [-0.2, 0) is 14.8 Å². The van der Waals surface area contributed by atoms with Crippen LogP contribution in [0.4, 0.5) is 5.69 Å². The van der Waals surface area contributed by atoms with Gasteiger partial charge < -0.3 is 10.6 Å². The monoisotopic (exact) mass is 469 g/mol. The second kappa shape index (κ2) is 9.78. The maximum Gasteiger partial charge on any atom is 0.251 e. The lowest BCUT2D eigenvalue weighted by Crippen LogP contribution is -2.36. The minimum Gasteiger partial charge on any atom is -0.343 e. The number of sulfonamides is 1. The maximum atomic E-state index is 12.9. The molecule has 0 bridgehead atoms. The van der Waals surface area contributed by atoms with Gasteiger partial charge in [0, 0.05) is 29.4 Å². The first kappa shape index (κ1) is 22.6. The van der Waals surface area contributed by atoms with Crippen LogP contribution in [0.3, 0.4) is 0 Å². The van der Waals surface area contributed by atoms with Gasteiger partial charge in [0.1, 0.15) is 4.90 Å². The van der Waals surface area contributed by atoms with Crippen molar-refractivity contribution in [2.75, 3.05) is 25.0 Å². The summed E-state index contributed by atoms with van der Waals surface area (Å²) in [6, 6.07) is 10.6. The number of anilines is 1. The Kier molecular flexibility index (Phi) is 7.36. The van der Waals surface area contributed by atoms with Crippen LogP contribution in [0.15, 0.2) is 47.4 Å². The van der Waals surface area contributed by atoms with E-state index in [1.165, 1.54) is 22.5 Å². The molecule has 30 heavy (non-hydrogen) atoms. The number of hydrogen-bond acceptors (Lipinski definition) is 4. The number of carbonyl (C=O) groups excluding carboxylic acids is 2. The third-order valence-corrected chi connectivity index (χ3v) is 7.30. The smallest absolute Gasteiger partial charge is 0.251 e. The highest BCUT2D eigenvalue weighted by Crippen LogP contribution is 2.27. The van der Waals surface area contributed by atoms with Gasteiger partial charge in [-0.3, -0.25) is 9.59 Å². The first-order valence-corrected chi connectivity index (χ1v) is 11.6. The second-order valence-electron chi connectivity index (χ2n) is 6.85. The maximum absolute atomic E-state index is 12.9. The van der Waals surface area contributed by atoms with Crippen LogP contribution in [0.5, 0.6) is 0 Å². The Bertz CT molecular complexity index is 1040. The number of piperidine rings is 1. The fraction of sp³-hybridized carbons (Fsp3) is 0.300. The zero-order valence-corrected chi connectivity index (χ0v) is 18.4. The normalized spacial score (nSPS) is 14.9. The molecule has 10 heteroatoms. The number of nitrogens with zero attached hydrogens (tertiary/aromatic N) is 1. The zero-order valence-electron chi connectivity index (χ0n) is 16.0. The van der Waals surface area contributed by atoms with Crippen LogP contribution in [0.2, 0.25) is 10.0 Å². The molecule has 0 unspecified atom stereocenters. The van der Waals surface area contributed by atoms with Gasteiger partial charge in [-0.1, -0.05) is 29.6 Å². The number of nitrogens with one attached hydrogen (secondary N) is 2. The number of halogens is 2. The molecule has 0 spiro atoms. The SMILES string of the molecule is O=C(CNC(=O)c1ccc(Cl)c(S(=O)(=O)N2CCCCC2)c1)Nc1ccc(Cl)cc1. The lowest BCUT2D eigenvalue weighted by molar-refractivity contribution is -0.115. The van der Waals surface area contributed by atoms with E-state index in [2.05, 4.69) is 10.6 Å². The summed E-state index contributed by atoms with van der Waals surface area (Å²) in [5.41, 5.74) is 0.648. The summed E-state index contributed by atoms with van der Waals surface area (Å²) in [6.45, 7) is 0.582. The van der Waals surface area contributed by atoms with Crippen molar-refractivity contribution in [2.45, 2.75) is 24.2 Å². The largest absolute Gasteiger partial charge is 0.343 e. The van der Waals surface area contributed by atoms with Crippen LogP contribution < -0.4 is 10.6 Å². The highest BCUT2D eigenvalue weighted by molar-refractivity contribution is 7.89. The molecule has 7 nitrogen and oxygen atoms in total. The summed E-state index contributed by atoms with van der Waals surface area (Å²) >= 11 is 11.9. The van der Waals surface area contributed by atoms with Gasteiger partial charge in [0.2, 0.25) is 15.9 Å². The van der Waals surface area contributed by atoms with E-state index in [1.54, 1.807) is 24.3 Å². The third kappa shape index (κ3) is 5.51. The Morgan fingerprint density at radius 3 is 2.30 bits per heavy atom. The van der Waals surface area contributed by atoms with Crippen molar-refractivity contribution >= 4 is 50.7 Å². The molecule has 0 aliphatic carbocycles. The summed E-state index contributed by atoms with van der Waals surface area (Å²) < 4.78 is 27.2. The van der Waals surface area contributed by atoms with E-state index in [0.717, 1.165) is 19.3 Å². The summed E-state index contributed by atoms with van der Waals surface area (Å²) in [5, 5.41) is 5.70. The molecule has 1 saturated heterocycles. The minimum atomic E-state index is -3.79. The van der Waals surface area contributed by atoms with Crippen molar-refractivity contribution in [3.05, 3.63) is 58.1 Å². The number of benzene rings is 2. The number of carbonyl (C=O) groups is 2. The average Bonchev–Trinajstić information content (AvgIpc) is 2.74. The molecule has 1 aliphatic rings. The van der Waals surface area contributed by atoms with E-state index in [4.69, 9.17) is 23.2 Å². The fourth-order valence-electron chi connectivity index (χ4n) is 3.09. The third-order valence-electron chi connectivity index (χ3n) is 4.66. The number of amides is 2. The van der Waals surface area contributed by atoms with Crippen molar-refractivity contribution in [1.29, 1.82) is 0 Å². The molecule has 0 saturated carbocycles. The summed E-state index contributed by atoms with van der Waals surface area (Å²) in [6.07, 6.45) is 2.57. The van der Waals surface area contributed by atoms with Crippen molar-refractivity contribution in [3.63, 3.8) is 0 Å². The fourth-order valence-corrected chi connectivity index (χ4v) is 5.23. The van der Waals surface area contributed by atoms with Crippen LogP contribution >= 0.6 is 23.2 Å². The first-order valence-electron chi connectivity index (χ1n) is 9.41. The van der Waals surface area contributed by atoms with Crippen molar-refractivity contribution in [1.82, 2.24) is 9.62 Å². The standard InChI is InChI=1S/C20H21Cl2N3O4S/c21-15-5-7-16(8-6-15)24-19(26)13-23-20(27)14-4-9-17(22)18(12-14)30(28,29)25-10-2-1-3-11-25/h4-9,12H,1-3,10-11,13H2,(H,23,27)(H,24,26). The first-order chi connectivity index (χ1) is 14.3. The lowest BCUT2D eigenvalue weighted by atomic mass is 10.2. The molecule has 2 aromatic rings. The van der Waals surface area contributed by atoms with E-state index >= 15 is 0 Å². The molecular weight excluding hydrogens is 449 g/mol. The molecular formula is C20H21Cl2N3O4S. The highest BCUT2D eigenvalue weighted by atomic mass is 35.5. The molecule has 2 aromatic carbocycles. The predicted molar refractivity (Wildman–Crippen MR) is 116 cm³/mol. The molecule has 1 heterocycles. The summed E-state index contributed by atoms with van der Waals surface area (Å²) in [4.78, 5) is 24.4. The Balaban J connectivity index is 1.67. The van der Waals surface area contributed by atoms with Crippen molar-refractivity contribution < 1.29 is 18.0 Å². The zero-order chi connectivity index (χ0) is 21.7. The molecule has 1 fully saturated rings. The van der Waals surface area contributed by atoms with E-state index in [1.807, 2.05) is 0 Å². The van der Waals surface area contributed by atoms with Gasteiger partial charge in [-0.25, -0.2) is 8.42 Å². The number of hydrogen-bond donors (Lipinski definition) is 2. The summed E-state index contributed by atoms with van der Waals surface area (Å²) in [7, 11) is -3.79. The quantitative estimate of drug-likeness (QED) is 0.675. The van der Waals surface area contributed by atoms with E-state index in [-0.39, 0.29) is 22.0 Å². The van der Waals surface area contributed by atoms with Gasteiger partial charge in [0.15, 0.2) is 0 Å². The average molecular weight is 470 g/mol. The predicted octanol–water partition coefficient (Wildman–Crippen LogP) is 3.54. The van der Waals surface area contributed by atoms with Gasteiger partial charge in [-0.2, -0.15) is 4.31 Å². The topological polar surface area (TPSA) is 95.6 Å². The van der Waals surface area contributed by atoms with E-state index in [0.29, 0.717) is 23.8 Å². The highest BCUT2D eigenvalue weighted by Gasteiger charge is 2.28. The van der Waals surface area contributed by atoms with Gasteiger partial charge in [-0.15, -0.1) is 0 Å². The minimum absolute atomic E-state index is 0.0533. The molecule has 1 aliphatic heterocycles. The Morgan fingerprint density at radius 2 is 1.63 bits per heavy atom. The molecule has 160 valence electrons. The van der Waals surface area contributed by atoms with Gasteiger partial charge in [0.25, 0.3) is 5.91 Å².